The van der Waals surface area contributed by atoms with Crippen molar-refractivity contribution in [1.29, 1.82) is 0 Å². The molecule has 0 saturated carbocycles. The van der Waals surface area contributed by atoms with E-state index in [1.165, 1.54) is 0 Å². The quantitative estimate of drug-likeness (QED) is 0.798. The molecule has 20 heavy (non-hydrogen) atoms. The Hall–Kier alpha value is -1.55. The van der Waals surface area contributed by atoms with Gasteiger partial charge in [-0.2, -0.15) is 0 Å². The Morgan fingerprint density at radius 3 is 3.00 bits per heavy atom. The lowest BCUT2D eigenvalue weighted by Crippen LogP contribution is -2.30. The molecule has 108 valence electrons. The van der Waals surface area contributed by atoms with E-state index in [0.29, 0.717) is 29.6 Å². The van der Waals surface area contributed by atoms with Gasteiger partial charge in [-0.1, -0.05) is 30.6 Å². The highest BCUT2D eigenvalue weighted by atomic mass is 35.5. The molecule has 4 nitrogen and oxygen atoms in total. The van der Waals surface area contributed by atoms with Crippen LogP contribution in [-0.2, 0) is 11.2 Å². The van der Waals surface area contributed by atoms with Gasteiger partial charge in [0, 0.05) is 17.8 Å². The molecule has 2 rings (SSSR count). The van der Waals surface area contributed by atoms with E-state index in [4.69, 9.17) is 16.1 Å². The normalized spacial score (nSPS) is 12.5. The predicted octanol–water partition coefficient (Wildman–Crippen LogP) is 3.14. The summed E-state index contributed by atoms with van der Waals surface area (Å²) in [5.41, 5.74) is 1.40. The summed E-state index contributed by atoms with van der Waals surface area (Å²) in [4.78, 5) is 12.0. The second-order valence-corrected chi connectivity index (χ2v) is 5.24. The maximum atomic E-state index is 12.0. The number of aromatic nitrogens is 1. The van der Waals surface area contributed by atoms with Crippen molar-refractivity contribution in [2.75, 3.05) is 12.4 Å². The standard InChI is InChI=1S/C15H19ClN2O2/c1-2-11(7-8-16)10-17-15(19)9-13-12-5-3-4-6-14(12)20-18-13/h3-6,11H,2,7-10H2,1H3,(H,17,19). The number of hydrogen-bond acceptors (Lipinski definition) is 3. The zero-order chi connectivity index (χ0) is 14.4. The fourth-order valence-electron chi connectivity index (χ4n) is 2.14. The molecule has 5 heteroatoms. The number of rotatable bonds is 7. The molecule has 0 aliphatic rings. The number of nitrogens with zero attached hydrogens (tertiary/aromatic N) is 1. The van der Waals surface area contributed by atoms with E-state index >= 15 is 0 Å². The largest absolute Gasteiger partial charge is 0.356 e. The lowest BCUT2D eigenvalue weighted by atomic mass is 10.0. The van der Waals surface area contributed by atoms with E-state index in [0.717, 1.165) is 18.2 Å². The number of fused-ring (bicyclic) bond motifs is 1. The van der Waals surface area contributed by atoms with Crippen LogP contribution in [0.2, 0.25) is 0 Å². The van der Waals surface area contributed by atoms with E-state index in [-0.39, 0.29) is 12.3 Å². The molecule has 0 spiro atoms. The van der Waals surface area contributed by atoms with Gasteiger partial charge in [0.25, 0.3) is 0 Å². The molecule has 0 fully saturated rings. The Morgan fingerprint density at radius 2 is 2.25 bits per heavy atom. The predicted molar refractivity (Wildman–Crippen MR) is 79.8 cm³/mol. The van der Waals surface area contributed by atoms with Crippen molar-refractivity contribution in [2.45, 2.75) is 26.2 Å². The number of amides is 1. The van der Waals surface area contributed by atoms with Gasteiger partial charge in [0.2, 0.25) is 5.91 Å². The summed E-state index contributed by atoms with van der Waals surface area (Å²) in [6, 6.07) is 7.55. The molecule has 0 saturated heterocycles. The molecule has 1 aromatic carbocycles. The molecular weight excluding hydrogens is 276 g/mol. The third-order valence-corrected chi connectivity index (χ3v) is 3.68. The van der Waals surface area contributed by atoms with E-state index in [9.17, 15) is 4.79 Å². The van der Waals surface area contributed by atoms with Gasteiger partial charge in [-0.05, 0) is 24.5 Å². The maximum absolute atomic E-state index is 12.0. The fourth-order valence-corrected chi connectivity index (χ4v) is 2.45. The van der Waals surface area contributed by atoms with Gasteiger partial charge in [-0.3, -0.25) is 4.79 Å². The summed E-state index contributed by atoms with van der Waals surface area (Å²) in [5, 5.41) is 7.80. The Bertz CT molecular complexity index is 568. The number of hydrogen-bond donors (Lipinski definition) is 1. The van der Waals surface area contributed by atoms with Crippen LogP contribution in [0.25, 0.3) is 11.0 Å². The van der Waals surface area contributed by atoms with E-state index in [2.05, 4.69) is 17.4 Å². The highest BCUT2D eigenvalue weighted by molar-refractivity contribution is 6.17. The molecule has 0 radical (unpaired) electrons. The average molecular weight is 295 g/mol. The van der Waals surface area contributed by atoms with Gasteiger partial charge >= 0.3 is 0 Å². The van der Waals surface area contributed by atoms with E-state index in [1.807, 2.05) is 24.3 Å². The summed E-state index contributed by atoms with van der Waals surface area (Å²) in [5.74, 6) is 1.03. The minimum atomic E-state index is -0.0305. The highest BCUT2D eigenvalue weighted by Gasteiger charge is 2.13. The molecule has 0 aliphatic heterocycles. The van der Waals surface area contributed by atoms with E-state index in [1.54, 1.807) is 0 Å². The zero-order valence-electron chi connectivity index (χ0n) is 11.6. The lowest BCUT2D eigenvalue weighted by molar-refractivity contribution is -0.120. The van der Waals surface area contributed by atoms with Gasteiger partial charge in [-0.15, -0.1) is 11.6 Å². The van der Waals surface area contributed by atoms with Crippen molar-refractivity contribution in [3.05, 3.63) is 30.0 Å². The van der Waals surface area contributed by atoms with Crippen LogP contribution < -0.4 is 5.32 Å². The van der Waals surface area contributed by atoms with Gasteiger partial charge in [0.15, 0.2) is 5.58 Å². The van der Waals surface area contributed by atoms with Crippen LogP contribution in [0, 0.1) is 5.92 Å². The molecule has 0 bridgehead atoms. The number of benzene rings is 1. The van der Waals surface area contributed by atoms with Crippen molar-refractivity contribution in [2.24, 2.45) is 5.92 Å². The Labute approximate surface area is 123 Å². The first-order valence-electron chi connectivity index (χ1n) is 6.90. The summed E-state index contributed by atoms with van der Waals surface area (Å²) < 4.78 is 5.19. The van der Waals surface area contributed by atoms with Crippen molar-refractivity contribution < 1.29 is 9.32 Å². The van der Waals surface area contributed by atoms with Crippen LogP contribution in [0.3, 0.4) is 0 Å². The Balaban J connectivity index is 1.91. The number of carbonyl (C=O) groups is 1. The molecule has 1 atom stereocenters. The first-order chi connectivity index (χ1) is 9.74. The summed E-state index contributed by atoms with van der Waals surface area (Å²) in [6.45, 7) is 2.77. The number of para-hydroxylation sites is 1. The number of halogens is 1. The third-order valence-electron chi connectivity index (χ3n) is 3.46. The van der Waals surface area contributed by atoms with Crippen molar-refractivity contribution >= 4 is 28.5 Å². The SMILES string of the molecule is CCC(CCCl)CNC(=O)Cc1noc2ccccc12. The first-order valence-corrected chi connectivity index (χ1v) is 7.44. The van der Waals surface area contributed by atoms with Crippen LogP contribution in [0.4, 0.5) is 0 Å². The second kappa shape index (κ2) is 7.29. The van der Waals surface area contributed by atoms with Crippen molar-refractivity contribution in [3.63, 3.8) is 0 Å². The van der Waals surface area contributed by atoms with Crippen molar-refractivity contribution in [3.8, 4) is 0 Å². The number of alkyl halides is 1. The first kappa shape index (κ1) is 14.9. The van der Waals surface area contributed by atoms with Crippen LogP contribution >= 0.6 is 11.6 Å². The highest BCUT2D eigenvalue weighted by Crippen LogP contribution is 2.18. The Morgan fingerprint density at radius 1 is 1.45 bits per heavy atom. The van der Waals surface area contributed by atoms with Gasteiger partial charge < -0.3 is 9.84 Å². The number of carbonyl (C=O) groups excluding carboxylic acids is 1. The lowest BCUT2D eigenvalue weighted by Gasteiger charge is -2.13. The van der Waals surface area contributed by atoms with Gasteiger partial charge in [0.05, 0.1) is 6.42 Å². The molecule has 1 amide bonds. The van der Waals surface area contributed by atoms with Crippen LogP contribution in [0.1, 0.15) is 25.5 Å². The topological polar surface area (TPSA) is 55.1 Å². The maximum Gasteiger partial charge on any atom is 0.226 e. The zero-order valence-corrected chi connectivity index (χ0v) is 12.3. The van der Waals surface area contributed by atoms with Crippen LogP contribution in [-0.4, -0.2) is 23.5 Å². The summed E-state index contributed by atoms with van der Waals surface area (Å²) in [6.07, 6.45) is 2.18. The van der Waals surface area contributed by atoms with Crippen molar-refractivity contribution in [1.82, 2.24) is 10.5 Å². The molecule has 2 aromatic rings. The van der Waals surface area contributed by atoms with Gasteiger partial charge in [0.1, 0.15) is 5.69 Å². The van der Waals surface area contributed by atoms with Gasteiger partial charge in [-0.25, -0.2) is 0 Å². The summed E-state index contributed by atoms with van der Waals surface area (Å²) >= 11 is 5.74. The average Bonchev–Trinajstić information content (AvgIpc) is 2.87. The minimum Gasteiger partial charge on any atom is -0.356 e. The van der Waals surface area contributed by atoms with E-state index < -0.39 is 0 Å². The second-order valence-electron chi connectivity index (χ2n) is 4.86. The summed E-state index contributed by atoms with van der Waals surface area (Å²) in [7, 11) is 0. The molecule has 1 aromatic heterocycles. The molecule has 0 aliphatic carbocycles. The monoisotopic (exact) mass is 294 g/mol. The van der Waals surface area contributed by atoms with Crippen LogP contribution in [0.15, 0.2) is 28.8 Å². The number of nitrogens with one attached hydrogen (secondary N) is 1. The minimum absolute atomic E-state index is 0.0305. The molecular formula is C15H19ClN2O2. The smallest absolute Gasteiger partial charge is 0.226 e. The Kier molecular flexibility index (Phi) is 5.41. The fraction of sp³-hybridized carbons (Fsp3) is 0.467. The molecule has 1 N–H and O–H groups in total. The van der Waals surface area contributed by atoms with Crippen LogP contribution in [0.5, 0.6) is 0 Å². The molecule has 1 heterocycles. The third kappa shape index (κ3) is 3.73. The molecule has 1 unspecified atom stereocenters.